The molecule has 2 saturated heterocycles. The van der Waals surface area contributed by atoms with Crippen molar-refractivity contribution in [3.63, 3.8) is 0 Å². The standard InChI is InChI=1S/C31H37F2N7O6/c1-3-37(28(42)26-19-39-11-6-9-34-29(39)36-26)17-22(41)13-20-7-5-10-38(12-8-20)27-24(32)14-21(15-25(27)33)40-18-23(46-31(40)44)16-35-30(43)45-4-2/h6,9,11,14-15,19-20,23H,3-5,7-8,10,12-13,16-18H2,1-2H3,(H,35,43). The number of amides is 3. The van der Waals surface area contributed by atoms with Gasteiger partial charge in [-0.05, 0) is 45.1 Å². The lowest BCUT2D eigenvalue weighted by Crippen LogP contribution is -2.36. The molecular formula is C31H37F2N7O6. The Morgan fingerprint density at radius 1 is 1.15 bits per heavy atom. The maximum absolute atomic E-state index is 15.4. The SMILES string of the molecule is CCOC(=O)NCC1CN(c2cc(F)c(N3CCCC(CC(=O)CN(CC)C(=O)c4cn5cccnc5n4)CC3)c(F)c2)C(=O)O1. The van der Waals surface area contributed by atoms with Gasteiger partial charge in [0, 0.05) is 56.8 Å². The van der Waals surface area contributed by atoms with Crippen molar-refractivity contribution < 1.29 is 37.4 Å². The van der Waals surface area contributed by atoms with E-state index in [1.54, 1.807) is 47.8 Å². The Morgan fingerprint density at radius 3 is 2.65 bits per heavy atom. The van der Waals surface area contributed by atoms with Gasteiger partial charge in [-0.3, -0.25) is 18.9 Å². The zero-order chi connectivity index (χ0) is 32.8. The van der Waals surface area contributed by atoms with Crippen molar-refractivity contribution >= 4 is 41.0 Å². The molecule has 4 heterocycles. The van der Waals surface area contributed by atoms with Gasteiger partial charge in [0.25, 0.3) is 5.91 Å². The molecule has 0 spiro atoms. The van der Waals surface area contributed by atoms with E-state index in [9.17, 15) is 19.2 Å². The summed E-state index contributed by atoms with van der Waals surface area (Å²) >= 11 is 0. The molecule has 13 nitrogen and oxygen atoms in total. The number of fused-ring (bicyclic) bond motifs is 1. The number of benzene rings is 1. The van der Waals surface area contributed by atoms with Crippen molar-refractivity contribution in [2.45, 2.75) is 45.6 Å². The first-order valence-electron chi connectivity index (χ1n) is 15.4. The van der Waals surface area contributed by atoms with Crippen molar-refractivity contribution in [1.29, 1.82) is 0 Å². The highest BCUT2D eigenvalue weighted by molar-refractivity contribution is 5.95. The molecule has 0 bridgehead atoms. The second-order valence-electron chi connectivity index (χ2n) is 11.3. The molecule has 1 aromatic carbocycles. The third kappa shape index (κ3) is 7.51. The van der Waals surface area contributed by atoms with Crippen LogP contribution in [0.15, 0.2) is 36.8 Å². The molecule has 5 rings (SSSR count). The number of aromatic nitrogens is 3. The number of halogens is 2. The topological polar surface area (TPSA) is 139 Å². The van der Waals surface area contributed by atoms with E-state index in [2.05, 4.69) is 15.3 Å². The molecule has 2 unspecified atom stereocenters. The van der Waals surface area contributed by atoms with Crippen LogP contribution < -0.4 is 15.1 Å². The number of carbonyl (C=O) groups is 4. The average Bonchev–Trinajstić information content (AvgIpc) is 3.56. The van der Waals surface area contributed by atoms with E-state index in [-0.39, 0.29) is 67.3 Å². The summed E-state index contributed by atoms with van der Waals surface area (Å²) in [5, 5.41) is 2.48. The highest BCUT2D eigenvalue weighted by atomic mass is 19.1. The van der Waals surface area contributed by atoms with E-state index in [0.717, 1.165) is 17.0 Å². The average molecular weight is 642 g/mol. The van der Waals surface area contributed by atoms with E-state index in [0.29, 0.717) is 44.7 Å². The molecule has 3 amide bonds. The lowest BCUT2D eigenvalue weighted by atomic mass is 9.94. The molecule has 15 heteroatoms. The minimum Gasteiger partial charge on any atom is -0.450 e. The van der Waals surface area contributed by atoms with Gasteiger partial charge in [-0.1, -0.05) is 0 Å². The summed E-state index contributed by atoms with van der Waals surface area (Å²) in [6, 6.07) is 3.93. The summed E-state index contributed by atoms with van der Waals surface area (Å²) < 4.78 is 42.4. The summed E-state index contributed by atoms with van der Waals surface area (Å²) in [4.78, 5) is 62.6. The number of imidazole rings is 1. The molecule has 1 N–H and O–H groups in total. The Hall–Kier alpha value is -4.82. The molecule has 246 valence electrons. The van der Waals surface area contributed by atoms with Gasteiger partial charge in [0.05, 0.1) is 31.9 Å². The second-order valence-corrected chi connectivity index (χ2v) is 11.3. The third-order valence-electron chi connectivity index (χ3n) is 8.11. The smallest absolute Gasteiger partial charge is 0.414 e. The maximum atomic E-state index is 15.4. The van der Waals surface area contributed by atoms with E-state index >= 15 is 8.78 Å². The number of cyclic esters (lactones) is 1. The number of anilines is 2. The molecule has 3 aromatic rings. The van der Waals surface area contributed by atoms with Crippen LogP contribution in [0.5, 0.6) is 0 Å². The zero-order valence-corrected chi connectivity index (χ0v) is 25.8. The van der Waals surface area contributed by atoms with Gasteiger partial charge in [0.2, 0.25) is 5.78 Å². The van der Waals surface area contributed by atoms with Crippen molar-refractivity contribution in [1.82, 2.24) is 24.6 Å². The Kier molecular flexibility index (Phi) is 10.3. The van der Waals surface area contributed by atoms with Crippen LogP contribution in [-0.2, 0) is 14.3 Å². The molecule has 0 radical (unpaired) electrons. The van der Waals surface area contributed by atoms with Crippen LogP contribution in [0.4, 0.5) is 29.7 Å². The number of hydrogen-bond acceptors (Lipinski definition) is 9. The van der Waals surface area contributed by atoms with Gasteiger partial charge in [-0.25, -0.2) is 28.3 Å². The number of hydrogen-bond donors (Lipinski definition) is 1. The van der Waals surface area contributed by atoms with Gasteiger partial charge < -0.3 is 24.6 Å². The largest absolute Gasteiger partial charge is 0.450 e. The molecule has 0 aliphatic carbocycles. The first kappa shape index (κ1) is 32.6. The van der Waals surface area contributed by atoms with Crippen LogP contribution in [0.2, 0.25) is 0 Å². The van der Waals surface area contributed by atoms with E-state index in [1.807, 2.05) is 0 Å². The molecule has 2 aliphatic rings. The van der Waals surface area contributed by atoms with Crippen molar-refractivity contribution in [3.8, 4) is 0 Å². The summed E-state index contributed by atoms with van der Waals surface area (Å²) in [5.41, 5.74) is 0.0325. The summed E-state index contributed by atoms with van der Waals surface area (Å²) in [7, 11) is 0. The minimum absolute atomic E-state index is 0.000133. The number of likely N-dealkylation sites (N-methyl/N-ethyl adjacent to an activating group) is 1. The Morgan fingerprint density at radius 2 is 1.93 bits per heavy atom. The van der Waals surface area contributed by atoms with Crippen LogP contribution >= 0.6 is 0 Å². The number of rotatable bonds is 11. The molecule has 0 saturated carbocycles. The fraction of sp³-hybridized carbons (Fsp3) is 0.484. The fourth-order valence-corrected chi connectivity index (χ4v) is 5.84. The maximum Gasteiger partial charge on any atom is 0.414 e. The normalized spacial score (nSPS) is 18.3. The highest BCUT2D eigenvalue weighted by Crippen LogP contribution is 2.33. The first-order chi connectivity index (χ1) is 22.2. The number of nitrogens with one attached hydrogen (secondary N) is 1. The predicted molar refractivity (Wildman–Crippen MR) is 163 cm³/mol. The summed E-state index contributed by atoms with van der Waals surface area (Å²) in [6.45, 7) is 4.65. The van der Waals surface area contributed by atoms with E-state index in [4.69, 9.17) is 9.47 Å². The summed E-state index contributed by atoms with van der Waals surface area (Å²) in [5.74, 6) is -1.68. The molecule has 2 atom stereocenters. The molecule has 46 heavy (non-hydrogen) atoms. The van der Waals surface area contributed by atoms with Crippen LogP contribution in [0, 0.1) is 17.6 Å². The van der Waals surface area contributed by atoms with Gasteiger partial charge in [-0.2, -0.15) is 0 Å². The van der Waals surface area contributed by atoms with Crippen molar-refractivity contribution in [3.05, 3.63) is 54.1 Å². The number of Topliss-reactive ketones (excluding diaryl/α,β-unsaturated/α-hetero) is 1. The lowest BCUT2D eigenvalue weighted by Gasteiger charge is -2.25. The molecule has 2 aromatic heterocycles. The van der Waals surface area contributed by atoms with Gasteiger partial charge >= 0.3 is 12.2 Å². The third-order valence-corrected chi connectivity index (χ3v) is 8.11. The van der Waals surface area contributed by atoms with E-state index in [1.165, 1.54) is 4.90 Å². The molecule has 2 fully saturated rings. The predicted octanol–water partition coefficient (Wildman–Crippen LogP) is 3.81. The Balaban J connectivity index is 1.16. The van der Waals surface area contributed by atoms with Crippen LogP contribution in [0.1, 0.15) is 50.0 Å². The zero-order valence-electron chi connectivity index (χ0n) is 25.8. The molecular weight excluding hydrogens is 604 g/mol. The second kappa shape index (κ2) is 14.5. The highest BCUT2D eigenvalue weighted by Gasteiger charge is 2.34. The van der Waals surface area contributed by atoms with Crippen LogP contribution in [-0.4, -0.2) is 95.1 Å². The number of nitrogens with zero attached hydrogens (tertiary/aromatic N) is 6. The van der Waals surface area contributed by atoms with Gasteiger partial charge in [0.15, 0.2) is 17.4 Å². The monoisotopic (exact) mass is 641 g/mol. The molecule has 2 aliphatic heterocycles. The first-order valence-corrected chi connectivity index (χ1v) is 15.4. The summed E-state index contributed by atoms with van der Waals surface area (Å²) in [6.07, 6.45) is 4.88. The number of carbonyl (C=O) groups excluding carboxylic acids is 4. The van der Waals surface area contributed by atoms with Gasteiger partial charge in [0.1, 0.15) is 17.5 Å². The number of alkyl carbamates (subject to hydrolysis) is 1. The van der Waals surface area contributed by atoms with Crippen molar-refractivity contribution in [2.75, 3.05) is 55.7 Å². The van der Waals surface area contributed by atoms with Crippen LogP contribution in [0.25, 0.3) is 5.78 Å². The fourth-order valence-electron chi connectivity index (χ4n) is 5.84. The van der Waals surface area contributed by atoms with Crippen molar-refractivity contribution in [2.24, 2.45) is 5.92 Å². The minimum atomic E-state index is -0.815. The van der Waals surface area contributed by atoms with Crippen LogP contribution in [0.3, 0.4) is 0 Å². The van der Waals surface area contributed by atoms with E-state index < -0.39 is 29.9 Å². The quantitative estimate of drug-likeness (QED) is 0.331. The Bertz CT molecular complexity index is 1540. The Labute approximate surface area is 264 Å². The number of ether oxygens (including phenoxy) is 2. The van der Waals surface area contributed by atoms with Gasteiger partial charge in [-0.15, -0.1) is 0 Å². The number of ketones is 1. The lowest BCUT2D eigenvalue weighted by molar-refractivity contribution is -0.120.